The molecule has 1 aliphatic heterocycles. The van der Waals surface area contributed by atoms with Gasteiger partial charge in [-0.15, -0.1) is 11.3 Å². The molecule has 0 amide bonds. The summed E-state index contributed by atoms with van der Waals surface area (Å²) in [5.74, 6) is -1.28. The molecule has 1 N–H and O–H groups in total. The van der Waals surface area contributed by atoms with Gasteiger partial charge in [0.05, 0.1) is 5.92 Å². The van der Waals surface area contributed by atoms with Gasteiger partial charge in [-0.1, -0.05) is 0 Å². The van der Waals surface area contributed by atoms with Gasteiger partial charge in [0.15, 0.2) is 0 Å². The van der Waals surface area contributed by atoms with Crippen molar-refractivity contribution in [1.29, 1.82) is 0 Å². The molecule has 0 unspecified atom stereocenters. The van der Waals surface area contributed by atoms with Crippen molar-refractivity contribution >= 4 is 43.4 Å². The summed E-state index contributed by atoms with van der Waals surface area (Å²) in [6, 6.07) is 1.90. The Morgan fingerprint density at radius 3 is 2.62 bits per heavy atom. The lowest BCUT2D eigenvalue weighted by Crippen LogP contribution is -2.46. The van der Waals surface area contributed by atoms with Gasteiger partial charge in [-0.3, -0.25) is 4.79 Å². The molecular weight excluding hydrogens is 380 g/mol. The van der Waals surface area contributed by atoms with Crippen LogP contribution in [0.5, 0.6) is 0 Å². The molecule has 1 saturated heterocycles. The lowest BCUT2D eigenvalue weighted by Gasteiger charge is -2.32. The molecule has 2 rings (SSSR count). The highest BCUT2D eigenvalue weighted by atomic mass is 79.9. The zero-order chi connectivity index (χ0) is 15.6. The van der Waals surface area contributed by atoms with Crippen LogP contribution >= 0.6 is 27.3 Å². The quantitative estimate of drug-likeness (QED) is 0.824. The maximum Gasteiger partial charge on any atom is 0.306 e. The van der Waals surface area contributed by atoms with Crippen LogP contribution in [-0.2, 0) is 21.5 Å². The highest BCUT2D eigenvalue weighted by molar-refractivity contribution is 9.10. The van der Waals surface area contributed by atoms with E-state index in [1.807, 2.05) is 11.4 Å². The van der Waals surface area contributed by atoms with Crippen LogP contribution < -0.4 is 0 Å². The summed E-state index contributed by atoms with van der Waals surface area (Å²) in [7, 11) is -1.99. The molecule has 1 aliphatic rings. The van der Waals surface area contributed by atoms with E-state index in [1.165, 1.54) is 19.9 Å². The zero-order valence-corrected chi connectivity index (χ0v) is 14.7. The number of nitrogens with zero attached hydrogens (tertiary/aromatic N) is 2. The van der Waals surface area contributed by atoms with Gasteiger partial charge in [0.1, 0.15) is 0 Å². The standard InChI is InChI=1S/C12H17BrN2O4S2/c1-14(7-11-6-10(13)8-20-11)21(18,19)15-4-2-9(3-5-15)12(16)17/h6,8-9H,2-5,7H2,1H3,(H,16,17). The third-order valence-electron chi connectivity index (χ3n) is 3.52. The Kier molecular flexibility index (Phi) is 5.42. The van der Waals surface area contributed by atoms with Gasteiger partial charge >= 0.3 is 5.97 Å². The Bertz CT molecular complexity index is 609. The van der Waals surface area contributed by atoms with Crippen molar-refractivity contribution in [1.82, 2.24) is 8.61 Å². The Morgan fingerprint density at radius 2 is 2.14 bits per heavy atom. The van der Waals surface area contributed by atoms with E-state index in [4.69, 9.17) is 5.11 Å². The molecule has 0 saturated carbocycles. The lowest BCUT2D eigenvalue weighted by atomic mass is 9.99. The SMILES string of the molecule is CN(Cc1cc(Br)cs1)S(=O)(=O)N1CCC(C(=O)O)CC1. The van der Waals surface area contributed by atoms with Crippen LogP contribution in [0.2, 0.25) is 0 Å². The number of hydrogen-bond acceptors (Lipinski definition) is 4. The van der Waals surface area contributed by atoms with Crippen LogP contribution in [-0.4, -0.2) is 48.2 Å². The second kappa shape index (κ2) is 6.74. The maximum absolute atomic E-state index is 12.5. The molecule has 118 valence electrons. The van der Waals surface area contributed by atoms with E-state index >= 15 is 0 Å². The first-order valence-electron chi connectivity index (χ1n) is 6.48. The van der Waals surface area contributed by atoms with Gasteiger partial charge in [-0.05, 0) is 34.8 Å². The molecule has 0 spiro atoms. The average Bonchev–Trinajstić information content (AvgIpc) is 2.84. The minimum absolute atomic E-state index is 0.262. The first kappa shape index (κ1) is 16.9. The molecule has 1 aromatic heterocycles. The van der Waals surface area contributed by atoms with Crippen molar-refractivity contribution < 1.29 is 18.3 Å². The Labute approximate surface area is 136 Å². The number of carboxylic acids is 1. The third-order valence-corrected chi connectivity index (χ3v) is 7.14. The van der Waals surface area contributed by atoms with Gasteiger partial charge in [0, 0.05) is 41.4 Å². The monoisotopic (exact) mass is 396 g/mol. The van der Waals surface area contributed by atoms with Crippen molar-refractivity contribution in [3.63, 3.8) is 0 Å². The van der Waals surface area contributed by atoms with E-state index in [9.17, 15) is 13.2 Å². The summed E-state index contributed by atoms with van der Waals surface area (Å²) in [5, 5.41) is 10.9. The minimum atomic E-state index is -3.54. The maximum atomic E-state index is 12.5. The summed E-state index contributed by atoms with van der Waals surface area (Å²) in [6.45, 7) is 0.840. The Morgan fingerprint density at radius 1 is 1.52 bits per heavy atom. The van der Waals surface area contributed by atoms with E-state index < -0.39 is 22.1 Å². The molecule has 0 aromatic carbocycles. The summed E-state index contributed by atoms with van der Waals surface area (Å²) in [5.41, 5.74) is 0. The van der Waals surface area contributed by atoms with Crippen LogP contribution in [0, 0.1) is 5.92 Å². The fourth-order valence-electron chi connectivity index (χ4n) is 2.27. The van der Waals surface area contributed by atoms with Gasteiger partial charge in [0.2, 0.25) is 0 Å². The van der Waals surface area contributed by atoms with E-state index in [1.54, 1.807) is 7.05 Å². The van der Waals surface area contributed by atoms with Crippen molar-refractivity contribution in [2.45, 2.75) is 19.4 Å². The van der Waals surface area contributed by atoms with Crippen molar-refractivity contribution in [2.24, 2.45) is 5.92 Å². The largest absolute Gasteiger partial charge is 0.481 e. The number of hydrogen-bond donors (Lipinski definition) is 1. The highest BCUT2D eigenvalue weighted by Gasteiger charge is 2.33. The van der Waals surface area contributed by atoms with Crippen molar-refractivity contribution in [2.75, 3.05) is 20.1 Å². The fourth-order valence-corrected chi connectivity index (χ4v) is 5.22. The van der Waals surface area contributed by atoms with Crippen LogP contribution in [0.3, 0.4) is 0 Å². The highest BCUT2D eigenvalue weighted by Crippen LogP contribution is 2.24. The number of halogens is 1. The molecule has 2 heterocycles. The van der Waals surface area contributed by atoms with Crippen LogP contribution in [0.25, 0.3) is 0 Å². The van der Waals surface area contributed by atoms with Crippen molar-refractivity contribution in [3.8, 4) is 0 Å². The summed E-state index contributed by atoms with van der Waals surface area (Å²) in [4.78, 5) is 11.9. The number of carboxylic acid groups (broad SMARTS) is 1. The Balaban J connectivity index is 1.99. The molecule has 0 atom stereocenters. The first-order valence-corrected chi connectivity index (χ1v) is 9.55. The van der Waals surface area contributed by atoms with Crippen LogP contribution in [0.1, 0.15) is 17.7 Å². The number of carbonyl (C=O) groups is 1. The molecule has 0 bridgehead atoms. The summed E-state index contributed by atoms with van der Waals surface area (Å²) in [6.07, 6.45) is 0.736. The normalized spacial score (nSPS) is 18.2. The predicted molar refractivity (Wildman–Crippen MR) is 84.3 cm³/mol. The van der Waals surface area contributed by atoms with Gasteiger partial charge < -0.3 is 5.11 Å². The molecule has 6 nitrogen and oxygen atoms in total. The molecule has 0 aliphatic carbocycles. The first-order chi connectivity index (χ1) is 9.80. The van der Waals surface area contributed by atoms with E-state index in [-0.39, 0.29) is 13.1 Å². The number of aliphatic carboxylic acids is 1. The van der Waals surface area contributed by atoms with E-state index in [2.05, 4.69) is 15.9 Å². The molecule has 0 radical (unpaired) electrons. The fraction of sp³-hybridized carbons (Fsp3) is 0.583. The molecule has 21 heavy (non-hydrogen) atoms. The topological polar surface area (TPSA) is 77.9 Å². The van der Waals surface area contributed by atoms with Gasteiger partial charge in [0.25, 0.3) is 10.2 Å². The molecule has 1 aromatic rings. The van der Waals surface area contributed by atoms with Gasteiger partial charge in [-0.2, -0.15) is 17.0 Å². The van der Waals surface area contributed by atoms with E-state index in [0.717, 1.165) is 9.35 Å². The van der Waals surface area contributed by atoms with Gasteiger partial charge in [-0.25, -0.2) is 0 Å². The minimum Gasteiger partial charge on any atom is -0.481 e. The van der Waals surface area contributed by atoms with Crippen LogP contribution in [0.15, 0.2) is 15.9 Å². The zero-order valence-electron chi connectivity index (χ0n) is 11.5. The van der Waals surface area contributed by atoms with E-state index in [0.29, 0.717) is 19.4 Å². The second-order valence-electron chi connectivity index (χ2n) is 5.01. The lowest BCUT2D eigenvalue weighted by molar-refractivity contribution is -0.142. The number of rotatable bonds is 5. The number of thiophene rings is 1. The molecule has 9 heteroatoms. The summed E-state index contributed by atoms with van der Waals surface area (Å²) < 4.78 is 28.6. The Hall–Kier alpha value is -0.480. The smallest absolute Gasteiger partial charge is 0.306 e. The van der Waals surface area contributed by atoms with Crippen LogP contribution in [0.4, 0.5) is 0 Å². The average molecular weight is 397 g/mol. The molecule has 1 fully saturated rings. The van der Waals surface area contributed by atoms with Crippen molar-refractivity contribution in [3.05, 3.63) is 20.8 Å². The number of piperidine rings is 1. The second-order valence-corrected chi connectivity index (χ2v) is 8.95. The predicted octanol–water partition coefficient (Wildman–Crippen LogP) is 1.98. The summed E-state index contributed by atoms with van der Waals surface area (Å²) >= 11 is 4.84. The molecular formula is C12H17BrN2O4S2. The third kappa shape index (κ3) is 4.04.